The Morgan fingerprint density at radius 2 is 1.89 bits per heavy atom. The molecule has 1 fully saturated rings. The monoisotopic (exact) mass is 249 g/mol. The fourth-order valence-corrected chi connectivity index (χ4v) is 2.54. The molecule has 94 valence electrons. The average Bonchev–Trinajstić information content (AvgIpc) is 3.20. The third-order valence-corrected chi connectivity index (χ3v) is 3.73. The highest BCUT2D eigenvalue weighted by Crippen LogP contribution is 2.37. The van der Waals surface area contributed by atoms with E-state index in [1.807, 2.05) is 0 Å². The molecule has 3 heteroatoms. The molecule has 0 aliphatic heterocycles. The lowest BCUT2D eigenvalue weighted by Gasteiger charge is -2.04. The van der Waals surface area contributed by atoms with Crippen LogP contribution >= 0.6 is 0 Å². The first-order valence-corrected chi connectivity index (χ1v) is 6.78. The van der Waals surface area contributed by atoms with E-state index < -0.39 is 0 Å². The van der Waals surface area contributed by atoms with Crippen molar-refractivity contribution in [2.75, 3.05) is 0 Å². The van der Waals surface area contributed by atoms with Gasteiger partial charge in [0.2, 0.25) is 0 Å². The van der Waals surface area contributed by atoms with Crippen LogP contribution in [-0.4, -0.2) is 15.2 Å². The van der Waals surface area contributed by atoms with Gasteiger partial charge in [-0.1, -0.05) is 42.5 Å². The maximum atomic E-state index is 4.61. The number of rotatable bonds is 3. The van der Waals surface area contributed by atoms with Gasteiger partial charge in [-0.15, -0.1) is 0 Å². The highest BCUT2D eigenvalue weighted by atomic mass is 15.2. The maximum Gasteiger partial charge on any atom is 0.153 e. The number of fused-ring (bicyclic) bond motifs is 1. The number of aromatic amines is 1. The van der Waals surface area contributed by atoms with E-state index in [0.29, 0.717) is 5.92 Å². The molecule has 0 saturated heterocycles. The van der Waals surface area contributed by atoms with Crippen LogP contribution in [0.4, 0.5) is 0 Å². The minimum Gasteiger partial charge on any atom is -0.263 e. The van der Waals surface area contributed by atoms with Crippen LogP contribution in [0.3, 0.4) is 0 Å². The first kappa shape index (κ1) is 10.7. The highest BCUT2D eigenvalue weighted by molar-refractivity contribution is 5.85. The van der Waals surface area contributed by atoms with Crippen molar-refractivity contribution in [1.82, 2.24) is 15.2 Å². The number of hydrogen-bond donors (Lipinski definition) is 1. The number of nitrogens with zero attached hydrogens (tertiary/aromatic N) is 2. The quantitative estimate of drug-likeness (QED) is 0.772. The van der Waals surface area contributed by atoms with Gasteiger partial charge in [0, 0.05) is 12.3 Å². The molecule has 1 aliphatic rings. The first-order chi connectivity index (χ1) is 9.40. The second-order valence-electron chi connectivity index (χ2n) is 5.23. The minimum absolute atomic E-state index is 0.609. The van der Waals surface area contributed by atoms with Crippen LogP contribution in [0.2, 0.25) is 0 Å². The highest BCUT2D eigenvalue weighted by Gasteiger charge is 2.27. The SMILES string of the molecule is c1ccc2c(Cc3nc(C4CC4)n[nH]3)cccc2c1. The van der Waals surface area contributed by atoms with Gasteiger partial charge in [0.1, 0.15) is 5.82 Å². The summed E-state index contributed by atoms with van der Waals surface area (Å²) in [7, 11) is 0. The van der Waals surface area contributed by atoms with E-state index in [2.05, 4.69) is 57.6 Å². The van der Waals surface area contributed by atoms with E-state index in [0.717, 1.165) is 18.1 Å². The zero-order valence-electron chi connectivity index (χ0n) is 10.6. The van der Waals surface area contributed by atoms with Crippen molar-refractivity contribution in [1.29, 1.82) is 0 Å². The summed E-state index contributed by atoms with van der Waals surface area (Å²) >= 11 is 0. The van der Waals surface area contributed by atoms with Crippen LogP contribution in [0, 0.1) is 0 Å². The van der Waals surface area contributed by atoms with Crippen molar-refractivity contribution in [2.45, 2.75) is 25.2 Å². The number of nitrogens with one attached hydrogen (secondary N) is 1. The second-order valence-corrected chi connectivity index (χ2v) is 5.23. The molecule has 0 atom stereocenters. The summed E-state index contributed by atoms with van der Waals surface area (Å²) in [5, 5.41) is 9.98. The summed E-state index contributed by atoms with van der Waals surface area (Å²) in [6.07, 6.45) is 3.30. The molecular weight excluding hydrogens is 234 g/mol. The van der Waals surface area contributed by atoms with E-state index in [4.69, 9.17) is 0 Å². The van der Waals surface area contributed by atoms with Gasteiger partial charge in [-0.3, -0.25) is 5.10 Å². The molecule has 3 aromatic rings. The second kappa shape index (κ2) is 4.19. The van der Waals surface area contributed by atoms with E-state index in [1.54, 1.807) is 0 Å². The molecule has 0 bridgehead atoms. The number of aromatic nitrogens is 3. The summed E-state index contributed by atoms with van der Waals surface area (Å²) in [5.74, 6) is 2.58. The van der Waals surface area contributed by atoms with Crippen LogP contribution in [-0.2, 0) is 6.42 Å². The molecule has 1 aliphatic carbocycles. The van der Waals surface area contributed by atoms with Crippen molar-refractivity contribution >= 4 is 10.8 Å². The topological polar surface area (TPSA) is 41.6 Å². The third-order valence-electron chi connectivity index (χ3n) is 3.73. The Balaban J connectivity index is 1.69. The normalized spacial score (nSPS) is 14.9. The van der Waals surface area contributed by atoms with Gasteiger partial charge in [-0.25, -0.2) is 4.98 Å². The Kier molecular flexibility index (Phi) is 2.37. The van der Waals surface area contributed by atoms with Crippen LogP contribution in [0.25, 0.3) is 10.8 Å². The zero-order valence-corrected chi connectivity index (χ0v) is 10.6. The fourth-order valence-electron chi connectivity index (χ4n) is 2.54. The molecule has 1 heterocycles. The molecule has 0 radical (unpaired) electrons. The Labute approximate surface area is 111 Å². The van der Waals surface area contributed by atoms with Crippen LogP contribution in [0.5, 0.6) is 0 Å². The summed E-state index contributed by atoms with van der Waals surface area (Å²) in [6.45, 7) is 0. The predicted octanol–water partition coefficient (Wildman–Crippen LogP) is 3.43. The molecule has 1 N–H and O–H groups in total. The molecule has 3 nitrogen and oxygen atoms in total. The Morgan fingerprint density at radius 1 is 1.05 bits per heavy atom. The average molecular weight is 249 g/mol. The standard InChI is InChI=1S/C16H15N3/c1-2-7-14-11(4-1)5-3-6-13(14)10-15-17-16(19-18-15)12-8-9-12/h1-7,12H,8-10H2,(H,17,18,19). The molecule has 1 saturated carbocycles. The first-order valence-electron chi connectivity index (χ1n) is 6.78. The molecule has 4 rings (SSSR count). The van der Waals surface area contributed by atoms with E-state index in [1.165, 1.54) is 29.2 Å². The van der Waals surface area contributed by atoms with Gasteiger partial charge in [0.15, 0.2) is 5.82 Å². The molecular formula is C16H15N3. The molecule has 1 aromatic heterocycles. The van der Waals surface area contributed by atoms with E-state index in [-0.39, 0.29) is 0 Å². The smallest absolute Gasteiger partial charge is 0.153 e. The van der Waals surface area contributed by atoms with Crippen LogP contribution in [0.15, 0.2) is 42.5 Å². The van der Waals surface area contributed by atoms with Gasteiger partial charge in [0.25, 0.3) is 0 Å². The van der Waals surface area contributed by atoms with Crippen molar-refractivity contribution in [3.05, 3.63) is 59.7 Å². The van der Waals surface area contributed by atoms with Crippen LogP contribution in [0.1, 0.15) is 36.0 Å². The Bertz CT molecular complexity index is 720. The summed E-state index contributed by atoms with van der Waals surface area (Å²) in [6, 6.07) is 14.9. The summed E-state index contributed by atoms with van der Waals surface area (Å²) in [4.78, 5) is 4.61. The number of H-pyrrole nitrogens is 1. The molecule has 0 unspecified atom stereocenters. The Hall–Kier alpha value is -2.16. The molecule has 2 aromatic carbocycles. The Morgan fingerprint density at radius 3 is 2.79 bits per heavy atom. The summed E-state index contributed by atoms with van der Waals surface area (Å²) < 4.78 is 0. The van der Waals surface area contributed by atoms with Crippen molar-refractivity contribution < 1.29 is 0 Å². The van der Waals surface area contributed by atoms with Gasteiger partial charge in [-0.2, -0.15) is 5.10 Å². The van der Waals surface area contributed by atoms with E-state index in [9.17, 15) is 0 Å². The van der Waals surface area contributed by atoms with Crippen molar-refractivity contribution in [3.8, 4) is 0 Å². The molecule has 19 heavy (non-hydrogen) atoms. The molecule has 0 amide bonds. The van der Waals surface area contributed by atoms with Gasteiger partial charge in [0.05, 0.1) is 0 Å². The lowest BCUT2D eigenvalue weighted by Crippen LogP contribution is -1.92. The third kappa shape index (κ3) is 2.01. The van der Waals surface area contributed by atoms with Gasteiger partial charge in [-0.05, 0) is 29.2 Å². The fraction of sp³-hybridized carbons (Fsp3) is 0.250. The van der Waals surface area contributed by atoms with E-state index >= 15 is 0 Å². The predicted molar refractivity (Wildman–Crippen MR) is 75.1 cm³/mol. The van der Waals surface area contributed by atoms with Crippen molar-refractivity contribution in [3.63, 3.8) is 0 Å². The molecule has 0 spiro atoms. The number of benzene rings is 2. The van der Waals surface area contributed by atoms with Gasteiger partial charge < -0.3 is 0 Å². The maximum absolute atomic E-state index is 4.61. The van der Waals surface area contributed by atoms with Crippen molar-refractivity contribution in [2.24, 2.45) is 0 Å². The summed E-state index contributed by atoms with van der Waals surface area (Å²) in [5.41, 5.74) is 1.30. The lowest BCUT2D eigenvalue weighted by molar-refractivity contribution is 0.933. The van der Waals surface area contributed by atoms with Gasteiger partial charge >= 0.3 is 0 Å². The zero-order chi connectivity index (χ0) is 12.7. The minimum atomic E-state index is 0.609. The largest absolute Gasteiger partial charge is 0.263 e. The number of hydrogen-bond acceptors (Lipinski definition) is 2. The lowest BCUT2D eigenvalue weighted by atomic mass is 10.0. The van der Waals surface area contributed by atoms with Crippen LogP contribution < -0.4 is 0 Å².